The monoisotopic (exact) mass is 239 g/mol. The Labute approximate surface area is 98.6 Å². The molecule has 92 valence electrons. The Morgan fingerprint density at radius 3 is 2.71 bits per heavy atom. The first-order valence-electron chi connectivity index (χ1n) is 5.44. The van der Waals surface area contributed by atoms with Crippen LogP contribution in [-0.4, -0.2) is 41.5 Å². The van der Waals surface area contributed by atoms with Gasteiger partial charge in [-0.3, -0.25) is 0 Å². The van der Waals surface area contributed by atoms with Crippen molar-refractivity contribution in [2.75, 3.05) is 13.1 Å². The van der Waals surface area contributed by atoms with Crippen LogP contribution >= 0.6 is 0 Å². The number of aliphatic hydroxyl groups excluding tert-OH is 1. The van der Waals surface area contributed by atoms with Crippen molar-refractivity contribution in [3.8, 4) is 0 Å². The van der Waals surface area contributed by atoms with Crippen LogP contribution in [0.5, 0.6) is 0 Å². The molecule has 1 heterocycles. The summed E-state index contributed by atoms with van der Waals surface area (Å²) in [4.78, 5) is 12.7. The van der Waals surface area contributed by atoms with Crippen LogP contribution in [0.25, 0.3) is 0 Å². The molecule has 1 fully saturated rings. The van der Waals surface area contributed by atoms with Crippen molar-refractivity contribution in [3.63, 3.8) is 0 Å². The summed E-state index contributed by atoms with van der Waals surface area (Å²) in [6.07, 6.45) is -3.06. The summed E-state index contributed by atoms with van der Waals surface area (Å²) in [5.41, 5.74) is 0.873. The maximum absolute atomic E-state index is 13.0. The third kappa shape index (κ3) is 2.94. The summed E-state index contributed by atoms with van der Waals surface area (Å²) >= 11 is 0. The second-order valence-electron chi connectivity index (χ2n) is 4.03. The zero-order valence-corrected chi connectivity index (χ0v) is 9.25. The van der Waals surface area contributed by atoms with E-state index >= 15 is 0 Å². The van der Waals surface area contributed by atoms with Gasteiger partial charge in [-0.2, -0.15) is 0 Å². The number of halogens is 1. The van der Waals surface area contributed by atoms with Crippen molar-refractivity contribution in [1.29, 1.82) is 0 Å². The topological polar surface area (TPSA) is 49.8 Å². The van der Waals surface area contributed by atoms with Crippen molar-refractivity contribution in [2.45, 2.75) is 18.9 Å². The lowest BCUT2D eigenvalue weighted by molar-refractivity contribution is 0.0958. The second kappa shape index (κ2) is 5.14. The molecule has 0 radical (unpaired) electrons. The van der Waals surface area contributed by atoms with Crippen LogP contribution in [0.4, 0.5) is 9.18 Å². The molecule has 4 nitrogen and oxygen atoms in total. The van der Waals surface area contributed by atoms with Gasteiger partial charge in [0.2, 0.25) is 0 Å². The quantitative estimate of drug-likeness (QED) is 0.847. The average Bonchev–Trinajstić information content (AvgIpc) is 2.68. The molecule has 17 heavy (non-hydrogen) atoms. The molecule has 1 aromatic rings. The van der Waals surface area contributed by atoms with Crippen LogP contribution in [0.3, 0.4) is 0 Å². The van der Waals surface area contributed by atoms with E-state index in [0.717, 1.165) is 5.56 Å². The fourth-order valence-electron chi connectivity index (χ4n) is 1.71. The lowest BCUT2D eigenvalue weighted by Crippen LogP contribution is -2.30. The number of alkyl halides is 1. The molecule has 1 aliphatic heterocycles. The number of benzene rings is 1. The van der Waals surface area contributed by atoms with Gasteiger partial charge >= 0.3 is 6.09 Å². The van der Waals surface area contributed by atoms with Gasteiger partial charge in [-0.25, -0.2) is 9.18 Å². The van der Waals surface area contributed by atoms with Crippen molar-refractivity contribution in [2.24, 2.45) is 0 Å². The van der Waals surface area contributed by atoms with Gasteiger partial charge in [0.05, 0.1) is 13.1 Å². The summed E-state index contributed by atoms with van der Waals surface area (Å²) in [5, 5.41) is 9.18. The number of likely N-dealkylation sites (tertiary alicyclic amines) is 1. The first kappa shape index (κ1) is 11.9. The number of carbonyl (C=O) groups excluding carboxylic acids is 1. The molecule has 5 heteroatoms. The summed E-state index contributed by atoms with van der Waals surface area (Å²) < 4.78 is 18.0. The Morgan fingerprint density at radius 2 is 2.12 bits per heavy atom. The molecule has 1 amide bonds. The van der Waals surface area contributed by atoms with Crippen LogP contribution < -0.4 is 0 Å². The normalized spacial score (nSPS) is 23.8. The van der Waals surface area contributed by atoms with Gasteiger partial charge in [0.15, 0.2) is 0 Å². The summed E-state index contributed by atoms with van der Waals surface area (Å²) in [7, 11) is 0. The van der Waals surface area contributed by atoms with Crippen molar-refractivity contribution < 1.29 is 19.0 Å². The number of aliphatic hydroxyl groups is 1. The number of carbonyl (C=O) groups is 1. The third-order valence-corrected chi connectivity index (χ3v) is 2.68. The number of hydrogen-bond acceptors (Lipinski definition) is 3. The number of β-amino-alcohol motifs (C(OH)–C–C–N with tert-alkyl or cyclic N) is 1. The number of rotatable bonds is 2. The minimum Gasteiger partial charge on any atom is -0.445 e. The van der Waals surface area contributed by atoms with Crippen LogP contribution in [0.1, 0.15) is 5.56 Å². The highest BCUT2D eigenvalue weighted by molar-refractivity contribution is 5.68. The fraction of sp³-hybridized carbons (Fsp3) is 0.417. The van der Waals surface area contributed by atoms with Crippen molar-refractivity contribution >= 4 is 6.09 Å². The van der Waals surface area contributed by atoms with E-state index < -0.39 is 18.4 Å². The minimum absolute atomic E-state index is 0.00517. The van der Waals surface area contributed by atoms with Gasteiger partial charge in [-0.15, -0.1) is 0 Å². The maximum atomic E-state index is 13.0. The van der Waals surface area contributed by atoms with Gasteiger partial charge in [0, 0.05) is 0 Å². The number of hydrogen-bond donors (Lipinski definition) is 1. The molecule has 0 unspecified atom stereocenters. The Hall–Kier alpha value is -1.62. The highest BCUT2D eigenvalue weighted by atomic mass is 19.1. The van der Waals surface area contributed by atoms with Gasteiger partial charge in [-0.05, 0) is 5.56 Å². The summed E-state index contributed by atoms with van der Waals surface area (Å²) in [5.74, 6) is 0. The molecule has 1 aromatic carbocycles. The highest BCUT2D eigenvalue weighted by Gasteiger charge is 2.34. The van der Waals surface area contributed by atoms with Crippen LogP contribution in [-0.2, 0) is 11.3 Å². The van der Waals surface area contributed by atoms with E-state index in [1.54, 1.807) is 0 Å². The molecular formula is C12H14FNO3. The highest BCUT2D eigenvalue weighted by Crippen LogP contribution is 2.14. The maximum Gasteiger partial charge on any atom is 0.410 e. The molecular weight excluding hydrogens is 225 g/mol. The van der Waals surface area contributed by atoms with E-state index in [0.29, 0.717) is 0 Å². The number of ether oxygens (including phenoxy) is 1. The van der Waals surface area contributed by atoms with E-state index in [1.807, 2.05) is 30.3 Å². The molecule has 0 aromatic heterocycles. The molecule has 1 aliphatic rings. The fourth-order valence-corrected chi connectivity index (χ4v) is 1.71. The largest absolute Gasteiger partial charge is 0.445 e. The lowest BCUT2D eigenvalue weighted by Gasteiger charge is -2.14. The smallest absolute Gasteiger partial charge is 0.410 e. The SMILES string of the molecule is O=C(OCc1ccccc1)N1C[C@H](O)[C@@H](F)C1. The molecule has 1 saturated heterocycles. The Balaban J connectivity index is 1.82. The molecule has 0 bridgehead atoms. The van der Waals surface area contributed by atoms with Crippen LogP contribution in [0.2, 0.25) is 0 Å². The van der Waals surface area contributed by atoms with Gasteiger partial charge in [0.25, 0.3) is 0 Å². The molecule has 0 saturated carbocycles. The van der Waals surface area contributed by atoms with Gasteiger partial charge in [-0.1, -0.05) is 30.3 Å². The number of nitrogens with zero attached hydrogens (tertiary/aromatic N) is 1. The molecule has 1 N–H and O–H groups in total. The zero-order valence-electron chi connectivity index (χ0n) is 9.25. The first-order chi connectivity index (χ1) is 8.16. The van der Waals surface area contributed by atoms with E-state index in [-0.39, 0.29) is 19.7 Å². The van der Waals surface area contributed by atoms with E-state index in [4.69, 9.17) is 4.74 Å². The summed E-state index contributed by atoms with van der Waals surface area (Å²) in [6.45, 7) is 0.0484. The minimum atomic E-state index is -1.38. The van der Waals surface area contributed by atoms with Crippen LogP contribution in [0, 0.1) is 0 Å². The molecule has 2 rings (SSSR count). The lowest BCUT2D eigenvalue weighted by atomic mass is 10.2. The van der Waals surface area contributed by atoms with Gasteiger partial charge < -0.3 is 14.7 Å². The zero-order chi connectivity index (χ0) is 12.3. The predicted octanol–water partition coefficient (Wildman–Crippen LogP) is 1.34. The predicted molar refractivity (Wildman–Crippen MR) is 59.1 cm³/mol. The second-order valence-corrected chi connectivity index (χ2v) is 4.03. The van der Waals surface area contributed by atoms with Crippen LogP contribution in [0.15, 0.2) is 30.3 Å². The molecule has 0 aliphatic carbocycles. The molecule has 2 atom stereocenters. The van der Waals surface area contributed by atoms with E-state index in [2.05, 4.69) is 0 Å². The van der Waals surface area contributed by atoms with E-state index in [1.165, 1.54) is 4.90 Å². The Kier molecular flexibility index (Phi) is 3.58. The standard InChI is InChI=1S/C12H14FNO3/c13-10-6-14(7-11(10)15)12(16)17-8-9-4-2-1-3-5-9/h1-5,10-11,15H,6-8H2/t10-,11-/m0/s1. The third-order valence-electron chi connectivity index (χ3n) is 2.68. The average molecular weight is 239 g/mol. The Morgan fingerprint density at radius 1 is 1.41 bits per heavy atom. The van der Waals surface area contributed by atoms with Crippen molar-refractivity contribution in [1.82, 2.24) is 4.90 Å². The molecule has 0 spiro atoms. The van der Waals surface area contributed by atoms with Gasteiger partial charge in [0.1, 0.15) is 18.9 Å². The Bertz CT molecular complexity index is 375. The number of amides is 1. The van der Waals surface area contributed by atoms with E-state index in [9.17, 15) is 14.3 Å². The van der Waals surface area contributed by atoms with Crippen molar-refractivity contribution in [3.05, 3.63) is 35.9 Å². The first-order valence-corrected chi connectivity index (χ1v) is 5.44. The summed E-state index contributed by atoms with van der Waals surface area (Å²) in [6, 6.07) is 9.24.